The monoisotopic (exact) mass is 422 g/mol. The first-order valence-corrected chi connectivity index (χ1v) is 11.1. The van der Waals surface area contributed by atoms with Crippen LogP contribution in [0.4, 0.5) is 4.39 Å². The number of likely N-dealkylation sites (tertiary alicyclic amines) is 1. The first-order chi connectivity index (χ1) is 15.1. The molecule has 2 heterocycles. The van der Waals surface area contributed by atoms with Gasteiger partial charge in [-0.05, 0) is 67.2 Å². The van der Waals surface area contributed by atoms with Crippen LogP contribution in [0.15, 0.2) is 60.7 Å². The summed E-state index contributed by atoms with van der Waals surface area (Å²) in [7, 11) is 1.68. The fourth-order valence-electron chi connectivity index (χ4n) is 4.72. The highest BCUT2D eigenvalue weighted by Crippen LogP contribution is 2.39. The molecule has 0 aromatic heterocycles. The molecule has 0 bridgehead atoms. The quantitative estimate of drug-likeness (QED) is 0.642. The minimum atomic E-state index is -0.271. The lowest BCUT2D eigenvalue weighted by Gasteiger charge is -2.42. The van der Waals surface area contributed by atoms with Gasteiger partial charge < -0.3 is 9.64 Å². The van der Waals surface area contributed by atoms with E-state index in [1.54, 1.807) is 7.11 Å². The highest BCUT2D eigenvalue weighted by Gasteiger charge is 2.43. The van der Waals surface area contributed by atoms with Crippen molar-refractivity contribution in [3.63, 3.8) is 0 Å². The molecule has 1 amide bonds. The van der Waals surface area contributed by atoms with E-state index in [2.05, 4.69) is 41.3 Å². The lowest BCUT2D eigenvalue weighted by atomic mass is 9.74. The molecule has 4 rings (SSSR count). The van der Waals surface area contributed by atoms with Crippen molar-refractivity contribution in [1.82, 2.24) is 9.80 Å². The van der Waals surface area contributed by atoms with Gasteiger partial charge in [0.15, 0.2) is 0 Å². The van der Waals surface area contributed by atoms with Crippen LogP contribution >= 0.6 is 0 Å². The summed E-state index contributed by atoms with van der Waals surface area (Å²) in [6.07, 6.45) is 6.92. The smallest absolute Gasteiger partial charge is 0.229 e. The summed E-state index contributed by atoms with van der Waals surface area (Å²) in [6, 6.07) is 15.1. The number of carbonyl (C=O) groups is 1. The largest absolute Gasteiger partial charge is 0.383 e. The number of piperidine rings is 1. The number of rotatable bonds is 6. The second-order valence-electron chi connectivity index (χ2n) is 8.68. The van der Waals surface area contributed by atoms with E-state index in [4.69, 9.17) is 4.74 Å². The first-order valence-electron chi connectivity index (χ1n) is 11.1. The van der Waals surface area contributed by atoms with Crippen LogP contribution in [-0.2, 0) is 16.1 Å². The summed E-state index contributed by atoms with van der Waals surface area (Å²) in [5.41, 5.74) is 3.09. The van der Waals surface area contributed by atoms with Crippen molar-refractivity contribution < 1.29 is 13.9 Å². The molecule has 1 spiro atoms. The van der Waals surface area contributed by atoms with Gasteiger partial charge in [-0.25, -0.2) is 4.39 Å². The van der Waals surface area contributed by atoms with E-state index in [9.17, 15) is 9.18 Å². The average molecular weight is 423 g/mol. The van der Waals surface area contributed by atoms with Gasteiger partial charge in [0.1, 0.15) is 5.82 Å². The number of benzene rings is 2. The van der Waals surface area contributed by atoms with E-state index in [-0.39, 0.29) is 17.1 Å². The predicted octanol–water partition coefficient (Wildman–Crippen LogP) is 4.51. The van der Waals surface area contributed by atoms with E-state index >= 15 is 0 Å². The van der Waals surface area contributed by atoms with Crippen LogP contribution < -0.4 is 0 Å². The number of hydrogen-bond acceptors (Lipinski definition) is 3. The van der Waals surface area contributed by atoms with E-state index < -0.39 is 0 Å². The van der Waals surface area contributed by atoms with Gasteiger partial charge in [-0.1, -0.05) is 42.5 Å². The van der Waals surface area contributed by atoms with Gasteiger partial charge in [-0.3, -0.25) is 9.69 Å². The molecular formula is C26H31FN2O2. The Hall–Kier alpha value is -2.50. The van der Waals surface area contributed by atoms with Crippen molar-refractivity contribution in [3.05, 3.63) is 72.1 Å². The van der Waals surface area contributed by atoms with Gasteiger partial charge in [0.05, 0.1) is 12.0 Å². The molecule has 4 nitrogen and oxygen atoms in total. The molecule has 2 aromatic carbocycles. The summed E-state index contributed by atoms with van der Waals surface area (Å²) >= 11 is 0. The number of nitrogens with zero attached hydrogens (tertiary/aromatic N) is 2. The lowest BCUT2D eigenvalue weighted by molar-refractivity contribution is -0.144. The molecule has 0 saturated carbocycles. The Morgan fingerprint density at radius 1 is 1.03 bits per heavy atom. The highest BCUT2D eigenvalue weighted by molar-refractivity contribution is 5.83. The molecule has 2 aromatic rings. The number of carbonyl (C=O) groups excluding carboxylic acids is 1. The zero-order valence-corrected chi connectivity index (χ0v) is 18.2. The number of halogens is 1. The van der Waals surface area contributed by atoms with E-state index in [0.717, 1.165) is 50.0 Å². The molecule has 164 valence electrons. The van der Waals surface area contributed by atoms with Gasteiger partial charge in [0, 0.05) is 26.7 Å². The van der Waals surface area contributed by atoms with Crippen molar-refractivity contribution in [2.45, 2.75) is 25.8 Å². The maximum absolute atomic E-state index is 13.3. The van der Waals surface area contributed by atoms with Gasteiger partial charge in [-0.15, -0.1) is 0 Å². The van der Waals surface area contributed by atoms with Crippen molar-refractivity contribution in [2.24, 2.45) is 5.41 Å². The number of allylic oxidation sites excluding steroid dienone is 1. The zero-order valence-electron chi connectivity index (χ0n) is 18.2. The molecule has 1 saturated heterocycles. The fourth-order valence-corrected chi connectivity index (χ4v) is 4.72. The van der Waals surface area contributed by atoms with Gasteiger partial charge >= 0.3 is 0 Å². The molecule has 1 fully saturated rings. The Morgan fingerprint density at radius 2 is 1.81 bits per heavy atom. The minimum Gasteiger partial charge on any atom is -0.383 e. The van der Waals surface area contributed by atoms with E-state index in [1.165, 1.54) is 17.7 Å². The van der Waals surface area contributed by atoms with Crippen LogP contribution in [0.2, 0.25) is 0 Å². The maximum Gasteiger partial charge on any atom is 0.229 e. The van der Waals surface area contributed by atoms with Crippen LogP contribution in [0.3, 0.4) is 0 Å². The van der Waals surface area contributed by atoms with Crippen molar-refractivity contribution in [1.29, 1.82) is 0 Å². The van der Waals surface area contributed by atoms with Crippen LogP contribution in [0.1, 0.15) is 24.8 Å². The molecule has 2 aliphatic rings. The summed E-state index contributed by atoms with van der Waals surface area (Å²) in [4.78, 5) is 17.7. The molecule has 31 heavy (non-hydrogen) atoms. The van der Waals surface area contributed by atoms with Crippen LogP contribution in [-0.4, -0.2) is 55.6 Å². The van der Waals surface area contributed by atoms with Crippen molar-refractivity contribution >= 4 is 5.91 Å². The lowest BCUT2D eigenvalue weighted by Crippen LogP contribution is -2.50. The maximum atomic E-state index is 13.3. The standard InChI is InChI=1S/C26H31FN2O2/c1-31-18-17-29-14-3-2-11-26(25(29)30)12-15-28(16-13-26)20-21-5-4-6-23(19-21)22-7-9-24(27)10-8-22/h2-10,19H,11-18,20H2,1H3. The predicted molar refractivity (Wildman–Crippen MR) is 121 cm³/mol. The Morgan fingerprint density at radius 3 is 2.55 bits per heavy atom. The zero-order chi connectivity index (χ0) is 21.7. The Bertz CT molecular complexity index is 917. The minimum absolute atomic E-state index is 0.217. The Labute approximate surface area is 184 Å². The van der Waals surface area contributed by atoms with Crippen molar-refractivity contribution in [2.75, 3.05) is 39.9 Å². The normalized spacial score (nSPS) is 19.0. The number of hydrogen-bond donors (Lipinski definition) is 0. The summed E-state index contributed by atoms with van der Waals surface area (Å²) < 4.78 is 18.4. The number of methoxy groups -OCH3 is 1. The third-order valence-electron chi connectivity index (χ3n) is 6.63. The molecular weight excluding hydrogens is 391 g/mol. The van der Waals surface area contributed by atoms with Gasteiger partial charge in [0.25, 0.3) is 0 Å². The van der Waals surface area contributed by atoms with Crippen LogP contribution in [0.25, 0.3) is 11.1 Å². The van der Waals surface area contributed by atoms with Gasteiger partial charge in [-0.2, -0.15) is 0 Å². The summed E-state index contributed by atoms with van der Waals surface area (Å²) in [5.74, 6) is 0.0679. The SMILES string of the molecule is COCCN1CC=CCC2(CCN(Cc3cccc(-c4ccc(F)cc4)c3)CC2)C1=O. The third-order valence-corrected chi connectivity index (χ3v) is 6.63. The third kappa shape index (κ3) is 5.05. The summed E-state index contributed by atoms with van der Waals surface area (Å²) in [6.45, 7) is 4.61. The Balaban J connectivity index is 1.40. The number of ether oxygens (including phenoxy) is 1. The molecule has 0 radical (unpaired) electrons. The summed E-state index contributed by atoms with van der Waals surface area (Å²) in [5, 5.41) is 0. The highest BCUT2D eigenvalue weighted by atomic mass is 19.1. The van der Waals surface area contributed by atoms with Crippen LogP contribution in [0.5, 0.6) is 0 Å². The topological polar surface area (TPSA) is 32.8 Å². The van der Waals surface area contributed by atoms with E-state index in [1.807, 2.05) is 17.0 Å². The second kappa shape index (κ2) is 9.75. The second-order valence-corrected chi connectivity index (χ2v) is 8.68. The van der Waals surface area contributed by atoms with Crippen molar-refractivity contribution in [3.8, 4) is 11.1 Å². The number of amides is 1. The van der Waals surface area contributed by atoms with E-state index in [0.29, 0.717) is 19.7 Å². The molecule has 0 atom stereocenters. The molecule has 2 aliphatic heterocycles. The molecule has 0 N–H and O–H groups in total. The average Bonchev–Trinajstić information content (AvgIpc) is 2.94. The first kappa shape index (κ1) is 21.7. The molecule has 0 unspecified atom stereocenters. The Kier molecular flexibility index (Phi) is 6.83. The molecule has 5 heteroatoms. The van der Waals surface area contributed by atoms with Gasteiger partial charge in [0.2, 0.25) is 5.91 Å². The fraction of sp³-hybridized carbons (Fsp3) is 0.423. The molecule has 0 aliphatic carbocycles. The van der Waals surface area contributed by atoms with Crippen LogP contribution in [0, 0.1) is 11.2 Å².